The number of unbranched alkanes of at least 4 members (excludes halogenated alkanes) is 2. The Hall–Kier alpha value is -0.750. The van der Waals surface area contributed by atoms with Crippen molar-refractivity contribution in [2.45, 2.75) is 39.5 Å². The number of thioether (sulfide) groups is 1. The lowest BCUT2D eigenvalue weighted by Gasteiger charge is -2.05. The predicted octanol–water partition coefficient (Wildman–Crippen LogP) is 2.52. The van der Waals surface area contributed by atoms with Crippen molar-refractivity contribution in [3.05, 3.63) is 0 Å². The third-order valence-electron chi connectivity index (χ3n) is 1.66. The van der Waals surface area contributed by atoms with Crippen LogP contribution in [-0.4, -0.2) is 23.5 Å². The number of rotatable bonds is 7. The van der Waals surface area contributed by atoms with Crippen LogP contribution in [0.3, 0.4) is 0 Å². The Labute approximate surface area is 101 Å². The van der Waals surface area contributed by atoms with Gasteiger partial charge in [0, 0.05) is 18.3 Å². The van der Waals surface area contributed by atoms with Crippen LogP contribution in [0.2, 0.25) is 0 Å². The first-order chi connectivity index (χ1) is 7.70. The normalized spacial score (nSPS) is 11.5. The van der Waals surface area contributed by atoms with Gasteiger partial charge in [-0.15, -0.1) is 0 Å². The van der Waals surface area contributed by atoms with Gasteiger partial charge in [0.25, 0.3) is 5.23 Å². The summed E-state index contributed by atoms with van der Waals surface area (Å²) in [5.41, 5.74) is 5.26. The van der Waals surface area contributed by atoms with Gasteiger partial charge in [-0.2, -0.15) is 4.89 Å². The Kier molecular flexibility index (Phi) is 10.3. The maximum Gasteiger partial charge on any atom is 0.294 e. The second-order valence-electron chi connectivity index (χ2n) is 3.23. The molecule has 0 aliphatic carbocycles. The minimum absolute atomic E-state index is 0.0469. The van der Waals surface area contributed by atoms with Gasteiger partial charge in [0.1, 0.15) is 0 Å². The standard InChI is InChI=1S/C10H21N3O2S/c1-3-5-7-13-10(16-9(11)12)15-14-8-6-4-2/h3-8H2,1-2H3,(H3,11,12). The first-order valence-electron chi connectivity index (χ1n) is 5.56. The molecule has 0 aromatic heterocycles. The summed E-state index contributed by atoms with van der Waals surface area (Å²) in [5, 5.41) is 7.42. The van der Waals surface area contributed by atoms with Crippen LogP contribution in [0.5, 0.6) is 0 Å². The monoisotopic (exact) mass is 247 g/mol. The van der Waals surface area contributed by atoms with Crippen molar-refractivity contribution in [2.24, 2.45) is 10.7 Å². The highest BCUT2D eigenvalue weighted by molar-refractivity contribution is 8.26. The largest absolute Gasteiger partial charge is 0.378 e. The minimum atomic E-state index is -0.0469. The molecule has 94 valence electrons. The SMILES string of the molecule is CCCCN=C(OOCCCC)SC(=N)N. The average molecular weight is 247 g/mol. The van der Waals surface area contributed by atoms with Gasteiger partial charge in [0.15, 0.2) is 5.17 Å². The molecule has 16 heavy (non-hydrogen) atoms. The summed E-state index contributed by atoms with van der Waals surface area (Å²) in [6, 6.07) is 0. The summed E-state index contributed by atoms with van der Waals surface area (Å²) < 4.78 is 0. The van der Waals surface area contributed by atoms with Gasteiger partial charge in [-0.1, -0.05) is 26.7 Å². The summed E-state index contributed by atoms with van der Waals surface area (Å²) in [4.78, 5) is 14.1. The third-order valence-corrected chi connectivity index (χ3v) is 2.25. The molecule has 3 N–H and O–H groups in total. The number of hydrogen-bond acceptors (Lipinski definition) is 5. The lowest BCUT2D eigenvalue weighted by molar-refractivity contribution is -0.219. The third kappa shape index (κ3) is 9.79. The number of aliphatic imine (C=N–C) groups is 1. The summed E-state index contributed by atoms with van der Waals surface area (Å²) in [5.74, 6) is 0. The van der Waals surface area contributed by atoms with Crippen LogP contribution < -0.4 is 5.73 Å². The van der Waals surface area contributed by atoms with E-state index in [1.54, 1.807) is 0 Å². The Morgan fingerprint density at radius 1 is 1.31 bits per heavy atom. The quantitative estimate of drug-likeness (QED) is 0.238. The van der Waals surface area contributed by atoms with E-state index in [9.17, 15) is 0 Å². The number of nitrogens with zero attached hydrogens (tertiary/aromatic N) is 1. The van der Waals surface area contributed by atoms with Crippen molar-refractivity contribution < 1.29 is 9.78 Å². The van der Waals surface area contributed by atoms with Crippen LogP contribution in [0.25, 0.3) is 0 Å². The zero-order valence-electron chi connectivity index (χ0n) is 9.99. The number of nitrogens with two attached hydrogens (primary N) is 1. The van der Waals surface area contributed by atoms with Crippen molar-refractivity contribution in [1.29, 1.82) is 5.41 Å². The van der Waals surface area contributed by atoms with Crippen LogP contribution in [-0.2, 0) is 9.78 Å². The molecule has 0 radical (unpaired) electrons. The molecule has 0 heterocycles. The Morgan fingerprint density at radius 3 is 2.56 bits per heavy atom. The molecule has 6 heteroatoms. The van der Waals surface area contributed by atoms with Crippen molar-refractivity contribution in [1.82, 2.24) is 0 Å². The van der Waals surface area contributed by atoms with Crippen molar-refractivity contribution >= 4 is 22.2 Å². The predicted molar refractivity (Wildman–Crippen MR) is 68.7 cm³/mol. The summed E-state index contributed by atoms with van der Waals surface area (Å²) in [6.45, 7) is 5.36. The minimum Gasteiger partial charge on any atom is -0.378 e. The zero-order chi connectivity index (χ0) is 12.2. The maximum absolute atomic E-state index is 7.15. The van der Waals surface area contributed by atoms with E-state index in [2.05, 4.69) is 18.8 Å². The van der Waals surface area contributed by atoms with E-state index in [-0.39, 0.29) is 5.17 Å². The van der Waals surface area contributed by atoms with Crippen LogP contribution >= 0.6 is 11.8 Å². The van der Waals surface area contributed by atoms with Gasteiger partial charge in [0.05, 0.1) is 6.61 Å². The zero-order valence-corrected chi connectivity index (χ0v) is 10.8. The Bertz CT molecular complexity index is 222. The molecule has 0 aromatic rings. The second kappa shape index (κ2) is 10.8. The molecule has 0 aromatic carbocycles. The Morgan fingerprint density at radius 2 is 2.00 bits per heavy atom. The molecule has 0 unspecified atom stereocenters. The molecular weight excluding hydrogens is 226 g/mol. The highest BCUT2D eigenvalue weighted by Gasteiger charge is 2.05. The first-order valence-corrected chi connectivity index (χ1v) is 6.38. The van der Waals surface area contributed by atoms with Crippen LogP contribution in [0.15, 0.2) is 4.99 Å². The number of nitrogens with one attached hydrogen (secondary N) is 1. The van der Waals surface area contributed by atoms with Crippen molar-refractivity contribution in [3.63, 3.8) is 0 Å². The van der Waals surface area contributed by atoms with E-state index < -0.39 is 0 Å². The van der Waals surface area contributed by atoms with E-state index in [1.165, 1.54) is 0 Å². The lowest BCUT2D eigenvalue weighted by Crippen LogP contribution is -2.12. The van der Waals surface area contributed by atoms with Gasteiger partial charge >= 0.3 is 0 Å². The molecule has 5 nitrogen and oxygen atoms in total. The molecule has 0 amide bonds. The summed E-state index contributed by atoms with van der Waals surface area (Å²) in [6.07, 6.45) is 4.04. The lowest BCUT2D eigenvalue weighted by atomic mass is 10.3. The average Bonchev–Trinajstić information content (AvgIpc) is 2.23. The van der Waals surface area contributed by atoms with Crippen molar-refractivity contribution in [2.75, 3.05) is 13.2 Å². The van der Waals surface area contributed by atoms with E-state index in [0.717, 1.165) is 37.4 Å². The van der Waals surface area contributed by atoms with Crippen LogP contribution in [0.4, 0.5) is 0 Å². The molecule has 0 rings (SSSR count). The molecule has 0 fully saturated rings. The molecule has 0 bridgehead atoms. The fraction of sp³-hybridized carbons (Fsp3) is 0.800. The molecule has 0 saturated carbocycles. The number of hydrogen-bond donors (Lipinski definition) is 2. The van der Waals surface area contributed by atoms with Gasteiger partial charge in [0.2, 0.25) is 0 Å². The van der Waals surface area contributed by atoms with E-state index >= 15 is 0 Å². The van der Waals surface area contributed by atoms with E-state index in [1.807, 2.05) is 0 Å². The van der Waals surface area contributed by atoms with E-state index in [0.29, 0.717) is 18.4 Å². The molecular formula is C10H21N3O2S. The van der Waals surface area contributed by atoms with Crippen LogP contribution in [0, 0.1) is 5.41 Å². The maximum atomic E-state index is 7.15. The molecule has 0 aliphatic heterocycles. The Balaban J connectivity index is 3.89. The second-order valence-corrected chi connectivity index (χ2v) is 4.22. The fourth-order valence-corrected chi connectivity index (χ4v) is 1.22. The first kappa shape index (κ1) is 15.2. The van der Waals surface area contributed by atoms with Gasteiger partial charge in [-0.05, 0) is 12.8 Å². The molecule has 0 saturated heterocycles. The summed E-state index contributed by atoms with van der Waals surface area (Å²) >= 11 is 0.972. The molecule has 0 atom stereocenters. The van der Waals surface area contributed by atoms with E-state index in [4.69, 9.17) is 20.9 Å². The van der Waals surface area contributed by atoms with Gasteiger partial charge in [-0.3, -0.25) is 5.41 Å². The molecule has 0 aliphatic rings. The number of amidine groups is 1. The van der Waals surface area contributed by atoms with Crippen LogP contribution in [0.1, 0.15) is 39.5 Å². The van der Waals surface area contributed by atoms with Gasteiger partial charge in [-0.25, -0.2) is 4.99 Å². The fourth-order valence-electron chi connectivity index (χ4n) is 0.793. The van der Waals surface area contributed by atoms with Gasteiger partial charge < -0.3 is 10.6 Å². The highest BCUT2D eigenvalue weighted by atomic mass is 32.2. The highest BCUT2D eigenvalue weighted by Crippen LogP contribution is 2.06. The molecule has 0 spiro atoms. The topological polar surface area (TPSA) is 80.7 Å². The van der Waals surface area contributed by atoms with Crippen molar-refractivity contribution in [3.8, 4) is 0 Å². The summed E-state index contributed by atoms with van der Waals surface area (Å²) in [7, 11) is 0. The smallest absolute Gasteiger partial charge is 0.294 e.